The highest BCUT2D eigenvalue weighted by Gasteiger charge is 2.54. The first-order chi connectivity index (χ1) is 14.1. The zero-order chi connectivity index (χ0) is 21.9. The fourth-order valence-electron chi connectivity index (χ4n) is 4.47. The molecule has 6 N–H and O–H groups in total. The van der Waals surface area contributed by atoms with Crippen molar-refractivity contribution in [1.29, 1.82) is 0 Å². The maximum absolute atomic E-state index is 13.6. The molecule has 3 heterocycles. The van der Waals surface area contributed by atoms with Gasteiger partial charge in [-0.05, 0) is 43.0 Å². The molecule has 3 saturated heterocycles. The molecular weight excluding hydrogens is 431 g/mol. The lowest BCUT2D eigenvalue weighted by Crippen LogP contribution is -2.62. The highest BCUT2D eigenvalue weighted by molar-refractivity contribution is 7.99. The van der Waals surface area contributed by atoms with E-state index in [4.69, 9.17) is 15.8 Å². The van der Waals surface area contributed by atoms with Gasteiger partial charge in [-0.3, -0.25) is 4.79 Å². The summed E-state index contributed by atoms with van der Waals surface area (Å²) >= 11 is 1.85. The summed E-state index contributed by atoms with van der Waals surface area (Å²) < 4.78 is 29.9. The zero-order valence-corrected chi connectivity index (χ0v) is 18.8. The van der Waals surface area contributed by atoms with E-state index in [2.05, 4.69) is 5.32 Å². The van der Waals surface area contributed by atoms with E-state index in [-0.39, 0.29) is 25.5 Å². The van der Waals surface area contributed by atoms with E-state index in [0.717, 1.165) is 24.3 Å². The second kappa shape index (κ2) is 10.0. The van der Waals surface area contributed by atoms with E-state index in [1.807, 2.05) is 11.8 Å². The Morgan fingerprint density at radius 3 is 2.63 bits per heavy atom. The lowest BCUT2D eigenvalue weighted by Gasteiger charge is -2.41. The number of nitrogens with zero attached hydrogens (tertiary/aromatic N) is 2. The molecule has 0 aromatic carbocycles. The van der Waals surface area contributed by atoms with Gasteiger partial charge >= 0.3 is 13.1 Å². The number of carbonyl (C=O) groups is 1. The van der Waals surface area contributed by atoms with Gasteiger partial charge in [0.05, 0.1) is 6.04 Å². The maximum atomic E-state index is 13.6. The number of carboxylic acids is 1. The van der Waals surface area contributed by atoms with E-state index in [9.17, 15) is 18.3 Å². The second-order valence-corrected chi connectivity index (χ2v) is 11.8. The number of nitrogens with two attached hydrogens (primary N) is 1. The topological polar surface area (TPSA) is 156 Å². The van der Waals surface area contributed by atoms with Crippen LogP contribution in [-0.2, 0) is 15.0 Å². The first kappa shape index (κ1) is 24.2. The summed E-state index contributed by atoms with van der Waals surface area (Å²) in [6.45, 7) is 1.40. The standard InChI is InChI=1S/C17H33BN4O6S2/c19-17(16(23)24)12-21(10-14(17)4-1-5-18(25)26)30(27,28)22(15-7-20-8-15)9-13-3-2-6-29-11-13/h13-15,20,25-26H,1-12,19H2,(H,23,24)/t13?,14-,17-/m0/s1. The molecule has 30 heavy (non-hydrogen) atoms. The van der Waals surface area contributed by atoms with E-state index < -0.39 is 34.8 Å². The van der Waals surface area contributed by atoms with Gasteiger partial charge in [0.25, 0.3) is 10.2 Å². The molecular formula is C17H33BN4O6S2. The SMILES string of the molecule is N[C@@]1(C(=O)O)CN(S(=O)(=O)N(CC2CCCSC2)C2CNC2)C[C@@H]1CCCB(O)O. The summed E-state index contributed by atoms with van der Waals surface area (Å²) in [6.07, 6.45) is 2.85. The molecule has 1 unspecified atom stereocenters. The lowest BCUT2D eigenvalue weighted by atomic mass is 9.78. The van der Waals surface area contributed by atoms with Crippen molar-refractivity contribution in [2.45, 2.75) is 43.6 Å². The number of hydrogen-bond acceptors (Lipinski definition) is 8. The largest absolute Gasteiger partial charge is 0.480 e. The molecule has 3 rings (SSSR count). The van der Waals surface area contributed by atoms with Gasteiger partial charge < -0.3 is 26.2 Å². The molecule has 172 valence electrons. The van der Waals surface area contributed by atoms with Crippen molar-refractivity contribution in [2.24, 2.45) is 17.6 Å². The third-order valence-corrected chi connectivity index (χ3v) is 9.74. The van der Waals surface area contributed by atoms with Crippen molar-refractivity contribution < 1.29 is 28.4 Å². The van der Waals surface area contributed by atoms with Crippen molar-refractivity contribution in [3.05, 3.63) is 0 Å². The van der Waals surface area contributed by atoms with Crippen LogP contribution in [0.3, 0.4) is 0 Å². The molecule has 3 fully saturated rings. The number of aliphatic carboxylic acids is 1. The van der Waals surface area contributed by atoms with Gasteiger partial charge in [-0.1, -0.05) is 6.42 Å². The van der Waals surface area contributed by atoms with E-state index in [1.54, 1.807) is 4.31 Å². The van der Waals surface area contributed by atoms with Gasteiger partial charge in [-0.25, -0.2) is 0 Å². The number of hydrogen-bond donors (Lipinski definition) is 5. The quantitative estimate of drug-likeness (QED) is 0.246. The van der Waals surface area contributed by atoms with Crippen LogP contribution in [-0.4, -0.2) is 101 Å². The highest BCUT2D eigenvalue weighted by Crippen LogP contribution is 2.34. The molecule has 0 bridgehead atoms. The predicted octanol–water partition coefficient (Wildman–Crippen LogP) is -1.38. The minimum atomic E-state index is -3.86. The van der Waals surface area contributed by atoms with Gasteiger partial charge in [-0.2, -0.15) is 28.8 Å². The Balaban J connectivity index is 1.75. The van der Waals surface area contributed by atoms with Crippen molar-refractivity contribution in [3.63, 3.8) is 0 Å². The van der Waals surface area contributed by atoms with Crippen LogP contribution in [0, 0.1) is 11.8 Å². The summed E-state index contributed by atoms with van der Waals surface area (Å²) in [4.78, 5) is 11.9. The molecule has 0 radical (unpaired) electrons. The average molecular weight is 464 g/mol. The van der Waals surface area contributed by atoms with Crippen LogP contribution >= 0.6 is 11.8 Å². The molecule has 10 nitrogen and oxygen atoms in total. The van der Waals surface area contributed by atoms with E-state index in [1.165, 1.54) is 4.31 Å². The molecule has 3 aliphatic heterocycles. The summed E-state index contributed by atoms with van der Waals surface area (Å²) in [5.41, 5.74) is 4.51. The summed E-state index contributed by atoms with van der Waals surface area (Å²) in [6, 6.07) is -0.123. The molecule has 0 saturated carbocycles. The Hall–Kier alpha value is -0.405. The third-order valence-electron chi connectivity index (χ3n) is 6.49. The monoisotopic (exact) mass is 464 g/mol. The summed E-state index contributed by atoms with van der Waals surface area (Å²) in [7, 11) is -5.34. The van der Waals surface area contributed by atoms with Crippen LogP contribution in [0.4, 0.5) is 0 Å². The fraction of sp³-hybridized carbons (Fsp3) is 0.941. The molecule has 13 heteroatoms. The number of carboxylic acid groups (broad SMARTS) is 1. The maximum Gasteiger partial charge on any atom is 0.451 e. The number of rotatable bonds is 10. The van der Waals surface area contributed by atoms with Gasteiger partial charge in [0.2, 0.25) is 0 Å². The van der Waals surface area contributed by atoms with Gasteiger partial charge in [0.15, 0.2) is 0 Å². The van der Waals surface area contributed by atoms with Crippen molar-refractivity contribution >= 4 is 35.1 Å². The smallest absolute Gasteiger partial charge is 0.451 e. The molecule has 3 aliphatic rings. The average Bonchev–Trinajstić information content (AvgIpc) is 2.99. The third kappa shape index (κ3) is 5.32. The van der Waals surface area contributed by atoms with Crippen LogP contribution in [0.1, 0.15) is 25.7 Å². The van der Waals surface area contributed by atoms with Crippen LogP contribution in [0.15, 0.2) is 0 Å². The normalized spacial score (nSPS) is 31.1. The molecule has 3 atom stereocenters. The van der Waals surface area contributed by atoms with Crippen LogP contribution in [0.25, 0.3) is 0 Å². The Labute approximate surface area is 182 Å². The lowest BCUT2D eigenvalue weighted by molar-refractivity contribution is -0.144. The van der Waals surface area contributed by atoms with Gasteiger partial charge in [0.1, 0.15) is 5.54 Å². The first-order valence-electron chi connectivity index (χ1n) is 10.6. The van der Waals surface area contributed by atoms with E-state index >= 15 is 0 Å². The van der Waals surface area contributed by atoms with Crippen molar-refractivity contribution in [3.8, 4) is 0 Å². The molecule has 0 aromatic heterocycles. The van der Waals surface area contributed by atoms with Crippen LogP contribution in [0.2, 0.25) is 6.32 Å². The summed E-state index contributed by atoms with van der Waals surface area (Å²) in [5, 5.41) is 31.0. The number of thioether (sulfide) groups is 1. The predicted molar refractivity (Wildman–Crippen MR) is 116 cm³/mol. The molecule has 0 spiro atoms. The summed E-state index contributed by atoms with van der Waals surface area (Å²) in [5.74, 6) is 0.531. The van der Waals surface area contributed by atoms with E-state index in [0.29, 0.717) is 38.4 Å². The Kier molecular flexibility index (Phi) is 8.10. The van der Waals surface area contributed by atoms with Crippen LogP contribution < -0.4 is 11.1 Å². The minimum Gasteiger partial charge on any atom is -0.480 e. The Morgan fingerprint density at radius 1 is 1.37 bits per heavy atom. The Morgan fingerprint density at radius 2 is 2.10 bits per heavy atom. The first-order valence-corrected chi connectivity index (χ1v) is 13.1. The minimum absolute atomic E-state index is 0.0305. The van der Waals surface area contributed by atoms with Gasteiger partial charge in [-0.15, -0.1) is 0 Å². The van der Waals surface area contributed by atoms with Crippen molar-refractivity contribution in [1.82, 2.24) is 13.9 Å². The Bertz CT molecular complexity index is 704. The molecule has 0 aliphatic carbocycles. The number of nitrogens with one attached hydrogen (secondary N) is 1. The van der Waals surface area contributed by atoms with Crippen molar-refractivity contribution in [2.75, 3.05) is 44.2 Å². The van der Waals surface area contributed by atoms with Crippen LogP contribution in [0.5, 0.6) is 0 Å². The van der Waals surface area contributed by atoms with Gasteiger partial charge in [0, 0.05) is 38.6 Å². The molecule has 0 aromatic rings. The molecule has 0 amide bonds. The second-order valence-electron chi connectivity index (χ2n) is 8.72. The highest BCUT2D eigenvalue weighted by atomic mass is 32.2. The fourth-order valence-corrected chi connectivity index (χ4v) is 7.58. The zero-order valence-electron chi connectivity index (χ0n) is 17.1.